The van der Waals surface area contributed by atoms with E-state index < -0.39 is 5.60 Å². The molecule has 2 fully saturated rings. The predicted octanol–water partition coefficient (Wildman–Crippen LogP) is 4.74. The van der Waals surface area contributed by atoms with E-state index in [2.05, 4.69) is 48.2 Å². The summed E-state index contributed by atoms with van der Waals surface area (Å²) < 4.78 is 0. The van der Waals surface area contributed by atoms with Crippen LogP contribution in [0.3, 0.4) is 0 Å². The minimum Gasteiger partial charge on any atom is -0.380 e. The Morgan fingerprint density at radius 2 is 1.62 bits per heavy atom. The molecule has 1 N–H and O–H groups in total. The van der Waals surface area contributed by atoms with Crippen LogP contribution >= 0.6 is 0 Å². The number of hydrogen-bond donors (Lipinski definition) is 1. The molecule has 1 heterocycles. The van der Waals surface area contributed by atoms with Gasteiger partial charge in [0.2, 0.25) is 0 Å². The molecular weight excluding hydrogens is 318 g/mol. The van der Waals surface area contributed by atoms with Gasteiger partial charge >= 0.3 is 0 Å². The third kappa shape index (κ3) is 3.72. The molecule has 0 amide bonds. The average molecular weight is 350 g/mol. The lowest BCUT2D eigenvalue weighted by molar-refractivity contribution is 0.0554. The summed E-state index contributed by atoms with van der Waals surface area (Å²) >= 11 is 0. The van der Waals surface area contributed by atoms with E-state index >= 15 is 0 Å². The summed E-state index contributed by atoms with van der Waals surface area (Å²) in [6.45, 7) is 5.47. The second kappa shape index (κ2) is 7.54. The van der Waals surface area contributed by atoms with Gasteiger partial charge in [-0.15, -0.1) is 0 Å². The van der Waals surface area contributed by atoms with Gasteiger partial charge in [0.05, 0.1) is 0 Å². The van der Waals surface area contributed by atoms with E-state index in [1.165, 1.54) is 44.3 Å². The highest BCUT2D eigenvalue weighted by Gasteiger charge is 2.34. The Kier molecular flexibility index (Phi) is 5.15. The van der Waals surface area contributed by atoms with Crippen LogP contribution in [-0.2, 0) is 5.60 Å². The van der Waals surface area contributed by atoms with E-state index in [0.717, 1.165) is 35.9 Å². The van der Waals surface area contributed by atoms with Gasteiger partial charge < -0.3 is 10.0 Å². The number of aliphatic hydroxyl groups is 1. The van der Waals surface area contributed by atoms with Crippen LogP contribution in [0.5, 0.6) is 0 Å². The Labute approximate surface area is 157 Å². The SMILES string of the molecule is Cc1ccc([C@@](O)(CCN2CC[C@@H]3CC[C@@H](C3)C2)c2ccccc2)cc1. The molecule has 0 radical (unpaired) electrons. The normalized spacial score (nSPS) is 25.6. The Balaban J connectivity index is 1.54. The van der Waals surface area contributed by atoms with Gasteiger partial charge in [-0.1, -0.05) is 66.6 Å². The van der Waals surface area contributed by atoms with Crippen LogP contribution in [0.2, 0.25) is 0 Å². The number of benzene rings is 2. The molecule has 1 aliphatic carbocycles. The van der Waals surface area contributed by atoms with E-state index in [9.17, 15) is 5.11 Å². The molecule has 1 saturated carbocycles. The summed E-state index contributed by atoms with van der Waals surface area (Å²) in [6.07, 6.45) is 6.36. The average Bonchev–Trinajstić information content (AvgIpc) is 3.01. The first-order chi connectivity index (χ1) is 12.6. The third-order valence-electron chi connectivity index (χ3n) is 6.59. The highest BCUT2D eigenvalue weighted by Crippen LogP contribution is 2.38. The Bertz CT molecular complexity index is 711. The van der Waals surface area contributed by atoms with Gasteiger partial charge in [0.1, 0.15) is 5.60 Å². The van der Waals surface area contributed by atoms with Crippen LogP contribution in [0.25, 0.3) is 0 Å². The molecule has 3 atom stereocenters. The molecule has 0 spiro atoms. The number of rotatable bonds is 5. The topological polar surface area (TPSA) is 23.5 Å². The van der Waals surface area contributed by atoms with Crippen molar-refractivity contribution in [1.82, 2.24) is 4.90 Å². The molecule has 1 saturated heterocycles. The van der Waals surface area contributed by atoms with Gasteiger partial charge in [-0.25, -0.2) is 0 Å². The van der Waals surface area contributed by atoms with Crippen LogP contribution in [0.1, 0.15) is 48.8 Å². The molecule has 138 valence electrons. The lowest BCUT2D eigenvalue weighted by atomic mass is 9.83. The lowest BCUT2D eigenvalue weighted by Crippen LogP contribution is -2.36. The van der Waals surface area contributed by atoms with E-state index in [1.54, 1.807) is 0 Å². The van der Waals surface area contributed by atoms with Gasteiger partial charge in [0.25, 0.3) is 0 Å². The second-order valence-electron chi connectivity index (χ2n) is 8.48. The minimum absolute atomic E-state index is 0.747. The molecule has 2 aromatic rings. The zero-order valence-corrected chi connectivity index (χ0v) is 15.9. The van der Waals surface area contributed by atoms with Crippen LogP contribution in [-0.4, -0.2) is 29.6 Å². The quantitative estimate of drug-likeness (QED) is 0.842. The Morgan fingerprint density at radius 3 is 2.38 bits per heavy atom. The zero-order chi connectivity index (χ0) is 18.0. The van der Waals surface area contributed by atoms with Crippen molar-refractivity contribution in [3.05, 3.63) is 71.3 Å². The molecule has 26 heavy (non-hydrogen) atoms. The van der Waals surface area contributed by atoms with E-state index in [0.29, 0.717) is 0 Å². The molecule has 0 aromatic heterocycles. The summed E-state index contributed by atoms with van der Waals surface area (Å²) in [6, 6.07) is 18.6. The molecular formula is C24H31NO. The van der Waals surface area contributed by atoms with Gasteiger partial charge in [0.15, 0.2) is 0 Å². The fourth-order valence-electron chi connectivity index (χ4n) is 4.95. The number of nitrogens with zero attached hydrogens (tertiary/aromatic N) is 1. The molecule has 0 unspecified atom stereocenters. The molecule has 2 nitrogen and oxygen atoms in total. The molecule has 4 rings (SSSR count). The van der Waals surface area contributed by atoms with Crippen LogP contribution < -0.4 is 0 Å². The number of aryl methyl sites for hydroxylation is 1. The summed E-state index contributed by atoms with van der Waals surface area (Å²) in [5.74, 6) is 1.83. The zero-order valence-electron chi connectivity index (χ0n) is 15.9. The van der Waals surface area contributed by atoms with Crippen LogP contribution in [0, 0.1) is 18.8 Å². The molecule has 2 aliphatic rings. The molecule has 2 bridgehead atoms. The summed E-state index contributed by atoms with van der Waals surface area (Å²) in [7, 11) is 0. The Morgan fingerprint density at radius 1 is 0.923 bits per heavy atom. The maximum atomic E-state index is 11.8. The van der Waals surface area contributed by atoms with E-state index in [4.69, 9.17) is 0 Å². The largest absolute Gasteiger partial charge is 0.380 e. The van der Waals surface area contributed by atoms with Crippen molar-refractivity contribution >= 4 is 0 Å². The minimum atomic E-state index is -0.916. The highest BCUT2D eigenvalue weighted by atomic mass is 16.3. The van der Waals surface area contributed by atoms with E-state index in [-0.39, 0.29) is 0 Å². The number of hydrogen-bond acceptors (Lipinski definition) is 2. The lowest BCUT2D eigenvalue weighted by Gasteiger charge is -2.33. The smallest absolute Gasteiger partial charge is 0.116 e. The van der Waals surface area contributed by atoms with Crippen LogP contribution in [0.4, 0.5) is 0 Å². The first-order valence-corrected chi connectivity index (χ1v) is 10.2. The Hall–Kier alpha value is -1.64. The second-order valence-corrected chi connectivity index (χ2v) is 8.48. The monoisotopic (exact) mass is 349 g/mol. The van der Waals surface area contributed by atoms with Gasteiger partial charge in [-0.05, 0) is 62.1 Å². The first-order valence-electron chi connectivity index (χ1n) is 10.2. The first kappa shape index (κ1) is 17.8. The number of fused-ring (bicyclic) bond motifs is 2. The van der Waals surface area contributed by atoms with E-state index in [1.807, 2.05) is 18.2 Å². The van der Waals surface area contributed by atoms with Crippen molar-refractivity contribution in [3.63, 3.8) is 0 Å². The highest BCUT2D eigenvalue weighted by molar-refractivity contribution is 5.37. The van der Waals surface area contributed by atoms with Crippen molar-refractivity contribution in [2.24, 2.45) is 11.8 Å². The standard InChI is InChI=1S/C24H31NO/c1-19-7-11-23(12-8-19)24(26,22-5-3-2-4-6-22)14-16-25-15-13-20-9-10-21(17-20)18-25/h2-8,11-12,20-21,26H,9-10,13-18H2,1H3/t20-,21-,24+/m0/s1. The molecule has 2 aromatic carbocycles. The van der Waals surface area contributed by atoms with Gasteiger partial charge in [-0.2, -0.15) is 0 Å². The summed E-state index contributed by atoms with van der Waals surface area (Å²) in [4.78, 5) is 2.60. The fourth-order valence-corrected chi connectivity index (χ4v) is 4.95. The van der Waals surface area contributed by atoms with Crippen molar-refractivity contribution in [1.29, 1.82) is 0 Å². The molecule has 2 heteroatoms. The van der Waals surface area contributed by atoms with Gasteiger partial charge in [-0.3, -0.25) is 0 Å². The maximum Gasteiger partial charge on any atom is 0.116 e. The third-order valence-corrected chi connectivity index (χ3v) is 6.59. The van der Waals surface area contributed by atoms with Crippen molar-refractivity contribution in [2.45, 2.75) is 44.6 Å². The number of likely N-dealkylation sites (tertiary alicyclic amines) is 1. The maximum absolute atomic E-state index is 11.8. The van der Waals surface area contributed by atoms with Crippen LogP contribution in [0.15, 0.2) is 54.6 Å². The predicted molar refractivity (Wildman–Crippen MR) is 107 cm³/mol. The van der Waals surface area contributed by atoms with Crippen molar-refractivity contribution < 1.29 is 5.11 Å². The van der Waals surface area contributed by atoms with Gasteiger partial charge in [0, 0.05) is 13.1 Å². The molecule has 1 aliphatic heterocycles. The summed E-state index contributed by atoms with van der Waals surface area (Å²) in [5.41, 5.74) is 2.32. The van der Waals surface area contributed by atoms with Crippen molar-refractivity contribution in [3.8, 4) is 0 Å². The van der Waals surface area contributed by atoms with Crippen molar-refractivity contribution in [2.75, 3.05) is 19.6 Å². The summed E-state index contributed by atoms with van der Waals surface area (Å²) in [5, 5.41) is 11.8. The fraction of sp³-hybridized carbons (Fsp3) is 0.500.